The van der Waals surface area contributed by atoms with Crippen LogP contribution in [0.1, 0.15) is 11.1 Å². The maximum Gasteiger partial charge on any atom is 0.421 e. The molecule has 0 bridgehead atoms. The van der Waals surface area contributed by atoms with Crippen LogP contribution in [-0.2, 0) is 12.4 Å². The SMILES string of the molecule is COc1ccc(-n2cnc(=O)c3cc(Oc4ncccc4C(F)(F)F)ccc32)c(-c2ccc(F)cc2F)n1.O=c1ccc(-n2cnc(=O)c3cc(Oc4ncccc4C(F)(F)F)ccc32)c(-c2ccc(F)cc2F)[nH]1. The highest BCUT2D eigenvalue weighted by Crippen LogP contribution is 2.39. The number of aromatic amines is 1. The van der Waals surface area contributed by atoms with Gasteiger partial charge in [0.15, 0.2) is 0 Å². The van der Waals surface area contributed by atoms with Crippen molar-refractivity contribution in [3.8, 4) is 63.0 Å². The number of ether oxygens (including phenoxy) is 3. The average molecular weight is 1040 g/mol. The fourth-order valence-electron chi connectivity index (χ4n) is 7.57. The van der Waals surface area contributed by atoms with E-state index < -0.39 is 75.2 Å². The van der Waals surface area contributed by atoms with E-state index in [9.17, 15) is 58.3 Å². The second kappa shape index (κ2) is 20.0. The summed E-state index contributed by atoms with van der Waals surface area (Å²) in [6.07, 6.45) is -4.81. The molecule has 0 aliphatic rings. The minimum absolute atomic E-state index is 0.00386. The number of halogens is 10. The molecule has 0 atom stereocenters. The van der Waals surface area contributed by atoms with Crippen LogP contribution in [0.25, 0.3) is 55.7 Å². The first-order valence-corrected chi connectivity index (χ1v) is 21.4. The van der Waals surface area contributed by atoms with E-state index in [4.69, 9.17) is 14.2 Å². The first-order valence-electron chi connectivity index (χ1n) is 21.4. The van der Waals surface area contributed by atoms with E-state index in [0.717, 1.165) is 61.2 Å². The highest BCUT2D eigenvalue weighted by atomic mass is 19.4. The predicted octanol–water partition coefficient (Wildman–Crippen LogP) is 11.2. The molecule has 0 fully saturated rings. The molecule has 24 heteroatoms. The molecule has 0 radical (unpaired) electrons. The topological polar surface area (TPSA) is 169 Å². The van der Waals surface area contributed by atoms with E-state index in [-0.39, 0.29) is 73.1 Å². The molecule has 6 heterocycles. The van der Waals surface area contributed by atoms with Gasteiger partial charge in [-0.2, -0.15) is 36.3 Å². The lowest BCUT2D eigenvalue weighted by molar-refractivity contribution is -0.139. The zero-order valence-corrected chi connectivity index (χ0v) is 37.7. The van der Waals surface area contributed by atoms with Crippen LogP contribution in [0.4, 0.5) is 43.9 Å². The third kappa shape index (κ3) is 10.5. The van der Waals surface area contributed by atoms with Gasteiger partial charge in [0.05, 0.1) is 46.0 Å². The minimum Gasteiger partial charge on any atom is -0.481 e. The molecule has 0 saturated heterocycles. The fourth-order valence-corrected chi connectivity index (χ4v) is 7.57. The first kappa shape index (κ1) is 50.2. The number of fused-ring (bicyclic) bond motifs is 2. The van der Waals surface area contributed by atoms with Crippen LogP contribution in [0.15, 0.2) is 161 Å². The number of H-pyrrole nitrogens is 1. The number of methoxy groups -OCH3 is 1. The standard InChI is InChI=1S/C26H15F5N4O3.C25H13F5N4O3/c1-37-22-9-8-21(23(34-22)16-6-4-14(27)11-19(16)28)35-13-33-24(36)17-12-15(5-7-20(17)35)38-25-18(26(29,30)31)3-2-10-32-25;26-13-3-5-15(18(27)10-13)22-20(7-8-21(35)33-22)34-12-32-23(36)16-11-14(4-6-19(16)34)37-24-17(25(28,29)30)2-1-9-31-24/h2-13H,1H3;1-12H,(H,33,35). The molecule has 10 rings (SSSR count). The second-order valence-corrected chi connectivity index (χ2v) is 15.7. The van der Waals surface area contributed by atoms with Crippen LogP contribution < -0.4 is 30.9 Å². The summed E-state index contributed by atoms with van der Waals surface area (Å²) in [5, 5.41) is -0.0444. The number of nitrogens with one attached hydrogen (secondary N) is 1. The average Bonchev–Trinajstić information content (AvgIpc) is 3.37. The van der Waals surface area contributed by atoms with Crippen molar-refractivity contribution in [3.05, 3.63) is 212 Å². The molecule has 1 N–H and O–H groups in total. The van der Waals surface area contributed by atoms with Crippen molar-refractivity contribution in [1.82, 2.24) is 39.0 Å². The first-order chi connectivity index (χ1) is 35.8. The van der Waals surface area contributed by atoms with Crippen molar-refractivity contribution in [2.75, 3.05) is 7.11 Å². The highest BCUT2D eigenvalue weighted by Gasteiger charge is 2.36. The highest BCUT2D eigenvalue weighted by molar-refractivity contribution is 5.84. The molecule has 0 aliphatic carbocycles. The van der Waals surface area contributed by atoms with E-state index in [1.165, 1.54) is 83.2 Å². The summed E-state index contributed by atoms with van der Waals surface area (Å²) in [7, 11) is 1.37. The summed E-state index contributed by atoms with van der Waals surface area (Å²) in [6, 6.07) is 23.2. The molecule has 0 saturated carbocycles. The summed E-state index contributed by atoms with van der Waals surface area (Å²) in [6.45, 7) is 0. The van der Waals surface area contributed by atoms with Gasteiger partial charge in [0, 0.05) is 47.8 Å². The molecule has 0 amide bonds. The Morgan fingerprint density at radius 3 is 1.52 bits per heavy atom. The molecular formula is C51H28F10N8O6. The largest absolute Gasteiger partial charge is 0.481 e. The summed E-state index contributed by atoms with van der Waals surface area (Å²) >= 11 is 0. The van der Waals surface area contributed by atoms with Gasteiger partial charge >= 0.3 is 12.4 Å². The zero-order chi connectivity index (χ0) is 53.3. The molecule has 0 spiro atoms. The van der Waals surface area contributed by atoms with Gasteiger partial charge in [-0.1, -0.05) is 0 Å². The Labute approximate surface area is 412 Å². The molecule has 378 valence electrons. The Balaban J connectivity index is 0.000000184. The Hall–Kier alpha value is -9.74. The van der Waals surface area contributed by atoms with Gasteiger partial charge < -0.3 is 19.2 Å². The van der Waals surface area contributed by atoms with Crippen molar-refractivity contribution in [1.29, 1.82) is 0 Å². The number of hydrogen-bond acceptors (Lipinski definition) is 11. The monoisotopic (exact) mass is 1040 g/mol. The number of aromatic nitrogens is 8. The molecule has 0 aliphatic heterocycles. The lowest BCUT2D eigenvalue weighted by Crippen LogP contribution is -2.15. The van der Waals surface area contributed by atoms with Gasteiger partial charge in [0.25, 0.3) is 11.1 Å². The van der Waals surface area contributed by atoms with E-state index in [1.54, 1.807) is 6.07 Å². The summed E-state index contributed by atoms with van der Waals surface area (Å²) in [5.74, 6) is -4.84. The van der Waals surface area contributed by atoms with Gasteiger partial charge in [-0.25, -0.2) is 32.5 Å². The Kier molecular flexibility index (Phi) is 13.4. The summed E-state index contributed by atoms with van der Waals surface area (Å²) in [4.78, 5) is 59.0. The molecule has 0 unspecified atom stereocenters. The molecule has 10 aromatic rings. The second-order valence-electron chi connectivity index (χ2n) is 15.7. The number of hydrogen-bond donors (Lipinski definition) is 1. The van der Waals surface area contributed by atoms with E-state index in [1.807, 2.05) is 0 Å². The maximum absolute atomic E-state index is 14.7. The van der Waals surface area contributed by atoms with Crippen LogP contribution >= 0.6 is 0 Å². The number of nitrogens with zero attached hydrogens (tertiary/aromatic N) is 7. The van der Waals surface area contributed by atoms with E-state index >= 15 is 0 Å². The zero-order valence-electron chi connectivity index (χ0n) is 37.7. The number of rotatable bonds is 9. The van der Waals surface area contributed by atoms with Gasteiger partial charge in [0.1, 0.15) is 64.2 Å². The van der Waals surface area contributed by atoms with Gasteiger partial charge in [-0.15, -0.1) is 0 Å². The van der Waals surface area contributed by atoms with Crippen LogP contribution in [0.2, 0.25) is 0 Å². The lowest BCUT2D eigenvalue weighted by Gasteiger charge is -2.16. The third-order valence-electron chi connectivity index (χ3n) is 10.9. The van der Waals surface area contributed by atoms with Crippen LogP contribution in [0, 0.1) is 23.3 Å². The molecule has 4 aromatic carbocycles. The van der Waals surface area contributed by atoms with Crippen LogP contribution in [0.5, 0.6) is 29.1 Å². The Morgan fingerprint density at radius 1 is 0.533 bits per heavy atom. The lowest BCUT2D eigenvalue weighted by atomic mass is 10.1. The van der Waals surface area contributed by atoms with E-state index in [0.29, 0.717) is 12.1 Å². The van der Waals surface area contributed by atoms with Crippen molar-refractivity contribution in [2.24, 2.45) is 0 Å². The van der Waals surface area contributed by atoms with E-state index in [2.05, 4.69) is 29.9 Å². The van der Waals surface area contributed by atoms with Gasteiger partial charge in [-0.05, 0) is 97.1 Å². The summed E-state index contributed by atoms with van der Waals surface area (Å²) in [5.41, 5.74) is -3.29. The van der Waals surface area contributed by atoms with Gasteiger partial charge in [0.2, 0.25) is 23.2 Å². The summed E-state index contributed by atoms with van der Waals surface area (Å²) < 4.78 is 155. The van der Waals surface area contributed by atoms with Crippen molar-refractivity contribution >= 4 is 21.8 Å². The minimum atomic E-state index is -4.72. The van der Waals surface area contributed by atoms with Crippen molar-refractivity contribution in [2.45, 2.75) is 12.4 Å². The molecule has 75 heavy (non-hydrogen) atoms. The van der Waals surface area contributed by atoms with Gasteiger partial charge in [-0.3, -0.25) is 23.5 Å². The van der Waals surface area contributed by atoms with Crippen molar-refractivity contribution in [3.63, 3.8) is 0 Å². The molecule has 14 nitrogen and oxygen atoms in total. The molecule has 6 aromatic heterocycles. The molecular weight excluding hydrogens is 1010 g/mol. The predicted molar refractivity (Wildman–Crippen MR) is 249 cm³/mol. The number of alkyl halides is 6. The third-order valence-corrected chi connectivity index (χ3v) is 10.9. The fraction of sp³-hybridized carbons (Fsp3) is 0.0588. The normalized spacial score (nSPS) is 11.6. The Morgan fingerprint density at radius 2 is 1.03 bits per heavy atom. The number of benzene rings is 4. The quantitative estimate of drug-likeness (QED) is 0.137. The van der Waals surface area contributed by atoms with Crippen LogP contribution in [0.3, 0.4) is 0 Å². The maximum atomic E-state index is 14.7. The smallest absolute Gasteiger partial charge is 0.421 e. The van der Waals surface area contributed by atoms with Crippen molar-refractivity contribution < 1.29 is 58.1 Å². The number of pyridine rings is 4. The Bertz CT molecular complexity index is 4030. The van der Waals surface area contributed by atoms with Crippen LogP contribution in [-0.4, -0.2) is 46.1 Å².